The minimum atomic E-state index is -0.910. The van der Waals surface area contributed by atoms with E-state index >= 15 is 4.39 Å². The van der Waals surface area contributed by atoms with Crippen molar-refractivity contribution >= 4 is 21.7 Å². The lowest BCUT2D eigenvalue weighted by atomic mass is 9.75. The molecule has 2 N–H and O–H groups in total. The van der Waals surface area contributed by atoms with E-state index in [0.717, 1.165) is 32.2 Å². The Morgan fingerprint density at radius 1 is 1.11 bits per heavy atom. The molecule has 2 saturated carbocycles. The number of fused-ring (bicyclic) bond motifs is 5. The standard InChI is InChI=1S/C35H37F3N4O3/c1-2-24-27(37)7-6-20-12-23(44)13-25(29(20)24)32-30(38)33-26(15-39-32)31(28-18-4-5-19(28)11-22(43)10-18)40-34(41-33)45-17-35-8-3-9-42(35)16-21(36)14-35/h6-7,12-13,15,18-19,21-22,28,43-44H,2-5,8-11,14,16-17H2,1H3/t18-,19+,21-,22?,28?,35+/m1/s1. The van der Waals surface area contributed by atoms with Gasteiger partial charge in [0, 0.05) is 36.0 Å². The monoisotopic (exact) mass is 618 g/mol. The van der Waals surface area contributed by atoms with Crippen LogP contribution in [0.4, 0.5) is 13.2 Å². The normalized spacial score (nSPS) is 29.6. The van der Waals surface area contributed by atoms with Gasteiger partial charge in [0.25, 0.3) is 0 Å². The molecular formula is C35H37F3N4O3. The van der Waals surface area contributed by atoms with Crippen LogP contribution in [0.25, 0.3) is 32.9 Å². The van der Waals surface area contributed by atoms with Crippen LogP contribution >= 0.6 is 0 Å². The molecule has 236 valence electrons. The lowest BCUT2D eigenvalue weighted by Crippen LogP contribution is -2.43. The van der Waals surface area contributed by atoms with Gasteiger partial charge in [-0.15, -0.1) is 0 Å². The number of halogens is 3. The highest BCUT2D eigenvalue weighted by atomic mass is 19.1. The van der Waals surface area contributed by atoms with E-state index < -0.39 is 23.3 Å². The molecule has 0 amide bonds. The quantitative estimate of drug-likeness (QED) is 0.251. The summed E-state index contributed by atoms with van der Waals surface area (Å²) in [6.07, 6.45) is 6.10. The van der Waals surface area contributed by atoms with Gasteiger partial charge < -0.3 is 14.9 Å². The molecule has 4 heterocycles. The Balaban J connectivity index is 1.29. The summed E-state index contributed by atoms with van der Waals surface area (Å²) in [4.78, 5) is 16.2. The molecule has 45 heavy (non-hydrogen) atoms. The summed E-state index contributed by atoms with van der Waals surface area (Å²) < 4.78 is 52.6. The minimum absolute atomic E-state index is 0.00136. The molecule has 2 unspecified atom stereocenters. The zero-order valence-corrected chi connectivity index (χ0v) is 25.3. The van der Waals surface area contributed by atoms with E-state index in [-0.39, 0.29) is 59.0 Å². The van der Waals surface area contributed by atoms with Crippen molar-refractivity contribution < 1.29 is 28.1 Å². The smallest absolute Gasteiger partial charge is 0.317 e. The van der Waals surface area contributed by atoms with Gasteiger partial charge in [-0.1, -0.05) is 13.0 Å². The molecule has 10 heteroatoms. The summed E-state index contributed by atoms with van der Waals surface area (Å²) in [6, 6.07) is 5.92. The molecule has 2 aromatic carbocycles. The fraction of sp³-hybridized carbons (Fsp3) is 0.514. The van der Waals surface area contributed by atoms with Crippen LogP contribution in [-0.4, -0.2) is 67.6 Å². The molecular weight excluding hydrogens is 581 g/mol. The average Bonchev–Trinajstić information content (AvgIpc) is 3.63. The number of ether oxygens (including phenoxy) is 1. The van der Waals surface area contributed by atoms with Gasteiger partial charge in [0.1, 0.15) is 35.6 Å². The minimum Gasteiger partial charge on any atom is -0.508 e. The summed E-state index contributed by atoms with van der Waals surface area (Å²) in [5.41, 5.74) is 0.949. The van der Waals surface area contributed by atoms with Gasteiger partial charge in [0.2, 0.25) is 0 Å². The molecule has 0 radical (unpaired) electrons. The number of aromatic nitrogens is 3. The van der Waals surface area contributed by atoms with Crippen molar-refractivity contribution in [2.24, 2.45) is 11.8 Å². The van der Waals surface area contributed by atoms with Gasteiger partial charge in [-0.05, 0) is 97.9 Å². The average molecular weight is 619 g/mol. The fourth-order valence-corrected chi connectivity index (χ4v) is 9.19. The number of aliphatic hydroxyl groups is 1. The van der Waals surface area contributed by atoms with Crippen LogP contribution in [0.1, 0.15) is 69.0 Å². The first-order valence-electron chi connectivity index (χ1n) is 16.2. The number of phenolic OH excluding ortho intramolecular Hbond substituents is 1. The van der Waals surface area contributed by atoms with Crippen molar-refractivity contribution in [2.75, 3.05) is 19.7 Å². The molecule has 0 spiro atoms. The van der Waals surface area contributed by atoms with Gasteiger partial charge in [-0.25, -0.2) is 13.2 Å². The predicted octanol–water partition coefficient (Wildman–Crippen LogP) is 6.61. The van der Waals surface area contributed by atoms with Gasteiger partial charge in [0.15, 0.2) is 5.82 Å². The molecule has 6 atom stereocenters. The number of nitrogens with zero attached hydrogens (tertiary/aromatic N) is 4. The van der Waals surface area contributed by atoms with E-state index in [1.807, 2.05) is 6.92 Å². The first-order valence-corrected chi connectivity index (χ1v) is 16.2. The van der Waals surface area contributed by atoms with Gasteiger partial charge >= 0.3 is 6.01 Å². The molecule has 4 fully saturated rings. The maximum Gasteiger partial charge on any atom is 0.317 e. The third kappa shape index (κ3) is 4.66. The number of alkyl halides is 1. The topological polar surface area (TPSA) is 91.6 Å². The summed E-state index contributed by atoms with van der Waals surface area (Å²) >= 11 is 0. The van der Waals surface area contributed by atoms with E-state index in [2.05, 4.69) is 14.9 Å². The number of hydrogen-bond donors (Lipinski definition) is 2. The van der Waals surface area contributed by atoms with Crippen molar-refractivity contribution in [3.63, 3.8) is 0 Å². The Morgan fingerprint density at radius 3 is 2.69 bits per heavy atom. The molecule has 4 aromatic rings. The van der Waals surface area contributed by atoms with Crippen molar-refractivity contribution in [3.05, 3.63) is 53.4 Å². The summed E-state index contributed by atoms with van der Waals surface area (Å²) in [5, 5.41) is 22.6. The second kappa shape index (κ2) is 10.8. The van der Waals surface area contributed by atoms with Crippen LogP contribution in [0.15, 0.2) is 30.5 Å². The molecule has 2 aromatic heterocycles. The Labute approximate surface area is 259 Å². The fourth-order valence-electron chi connectivity index (χ4n) is 9.19. The summed E-state index contributed by atoms with van der Waals surface area (Å²) in [7, 11) is 0. The zero-order chi connectivity index (χ0) is 31.0. The highest BCUT2D eigenvalue weighted by Gasteiger charge is 2.50. The molecule has 8 rings (SSSR count). The van der Waals surface area contributed by atoms with E-state index in [0.29, 0.717) is 59.6 Å². The Kier molecular flexibility index (Phi) is 6.94. The summed E-state index contributed by atoms with van der Waals surface area (Å²) in [5.74, 6) is -0.796. The number of aryl methyl sites for hydroxylation is 1. The van der Waals surface area contributed by atoms with Crippen LogP contribution in [-0.2, 0) is 6.42 Å². The number of aromatic hydroxyl groups is 1. The number of rotatable bonds is 6. The molecule has 4 aliphatic rings. The zero-order valence-electron chi connectivity index (χ0n) is 25.3. The third-order valence-corrected chi connectivity index (χ3v) is 11.1. The maximum absolute atomic E-state index is 16.9. The first kappa shape index (κ1) is 28.9. The number of pyridine rings is 1. The highest BCUT2D eigenvalue weighted by molar-refractivity contribution is 6.01. The first-order chi connectivity index (χ1) is 21.7. The van der Waals surface area contributed by atoms with Crippen LogP contribution in [0, 0.1) is 23.5 Å². The number of aliphatic hydroxyl groups excluding tert-OH is 1. The molecule has 7 nitrogen and oxygen atoms in total. The summed E-state index contributed by atoms with van der Waals surface area (Å²) in [6.45, 7) is 3.26. The second-order valence-electron chi connectivity index (χ2n) is 13.7. The SMILES string of the molecule is CCc1c(F)ccc2cc(O)cc(-c3ncc4c(C5[C@@H]6CC[C@H]5CC(O)C6)nc(OC[C@@]56CCCN5C[C@H](F)C6)nc4c3F)c12. The largest absolute Gasteiger partial charge is 0.508 e. The van der Waals surface area contributed by atoms with Crippen LogP contribution in [0.3, 0.4) is 0 Å². The molecule has 2 bridgehead atoms. The lowest BCUT2D eigenvalue weighted by molar-refractivity contribution is 0.0822. The van der Waals surface area contributed by atoms with E-state index in [9.17, 15) is 19.0 Å². The molecule has 2 aliphatic carbocycles. The van der Waals surface area contributed by atoms with Crippen LogP contribution in [0.5, 0.6) is 11.8 Å². The Bertz CT molecular complexity index is 1810. The van der Waals surface area contributed by atoms with Crippen LogP contribution < -0.4 is 4.74 Å². The second-order valence-corrected chi connectivity index (χ2v) is 13.7. The molecule has 2 aliphatic heterocycles. The molecule has 2 saturated heterocycles. The van der Waals surface area contributed by atoms with Gasteiger partial charge in [0.05, 0.1) is 17.3 Å². The van der Waals surface area contributed by atoms with E-state index in [1.165, 1.54) is 18.2 Å². The van der Waals surface area contributed by atoms with Crippen molar-refractivity contribution in [1.82, 2.24) is 19.9 Å². The number of hydrogen-bond acceptors (Lipinski definition) is 7. The predicted molar refractivity (Wildman–Crippen MR) is 164 cm³/mol. The third-order valence-electron chi connectivity index (χ3n) is 11.1. The van der Waals surface area contributed by atoms with E-state index in [4.69, 9.17) is 9.72 Å². The van der Waals surface area contributed by atoms with Crippen molar-refractivity contribution in [1.29, 1.82) is 0 Å². The van der Waals surface area contributed by atoms with Crippen molar-refractivity contribution in [2.45, 2.75) is 82.0 Å². The van der Waals surface area contributed by atoms with Gasteiger partial charge in [-0.2, -0.15) is 9.97 Å². The van der Waals surface area contributed by atoms with E-state index in [1.54, 1.807) is 12.3 Å². The Morgan fingerprint density at radius 2 is 1.91 bits per heavy atom. The number of phenols is 1. The van der Waals surface area contributed by atoms with Crippen molar-refractivity contribution in [3.8, 4) is 23.0 Å². The van der Waals surface area contributed by atoms with Gasteiger partial charge in [-0.3, -0.25) is 9.88 Å². The Hall–Kier alpha value is -3.50. The lowest BCUT2D eigenvalue weighted by Gasteiger charge is -2.33. The number of benzene rings is 2. The maximum atomic E-state index is 16.9. The van der Waals surface area contributed by atoms with Crippen LogP contribution in [0.2, 0.25) is 0 Å². The highest BCUT2D eigenvalue weighted by Crippen LogP contribution is 2.53.